The van der Waals surface area contributed by atoms with Gasteiger partial charge in [0.05, 0.1) is 5.69 Å². The molecule has 1 heterocycles. The molecule has 3 N–H and O–H groups in total. The molecule has 1 rings (SSSR count). The maximum atomic E-state index is 5.68. The Balaban J connectivity index is 2.60. The molecule has 0 saturated carbocycles. The Labute approximate surface area is 79.4 Å². The summed E-state index contributed by atoms with van der Waals surface area (Å²) < 4.78 is 0. The van der Waals surface area contributed by atoms with Gasteiger partial charge < -0.3 is 11.1 Å². The van der Waals surface area contributed by atoms with Crippen LogP contribution in [0.1, 0.15) is 20.8 Å². The SMILES string of the molecule is CC(C)(C)CNc1cccnc1N. The van der Waals surface area contributed by atoms with Crippen molar-refractivity contribution in [3.8, 4) is 0 Å². The van der Waals surface area contributed by atoms with Crippen LogP contribution < -0.4 is 11.1 Å². The quantitative estimate of drug-likeness (QED) is 0.731. The summed E-state index contributed by atoms with van der Waals surface area (Å²) >= 11 is 0. The van der Waals surface area contributed by atoms with Crippen molar-refractivity contribution in [1.29, 1.82) is 0 Å². The first kappa shape index (κ1) is 9.84. The average Bonchev–Trinajstić information content (AvgIpc) is 2.01. The normalized spacial score (nSPS) is 11.3. The van der Waals surface area contributed by atoms with Crippen LogP contribution in [0.25, 0.3) is 0 Å². The van der Waals surface area contributed by atoms with E-state index in [1.165, 1.54) is 0 Å². The molecule has 0 aliphatic carbocycles. The van der Waals surface area contributed by atoms with E-state index in [0.29, 0.717) is 5.82 Å². The average molecular weight is 179 g/mol. The number of nitrogens with one attached hydrogen (secondary N) is 1. The molecule has 1 aromatic rings. The molecule has 0 spiro atoms. The first-order chi connectivity index (χ1) is 5.99. The van der Waals surface area contributed by atoms with Gasteiger partial charge in [-0.2, -0.15) is 0 Å². The van der Waals surface area contributed by atoms with Crippen LogP contribution in [-0.4, -0.2) is 11.5 Å². The van der Waals surface area contributed by atoms with Gasteiger partial charge in [0, 0.05) is 12.7 Å². The van der Waals surface area contributed by atoms with E-state index in [0.717, 1.165) is 12.2 Å². The molecule has 13 heavy (non-hydrogen) atoms. The van der Waals surface area contributed by atoms with Crippen LogP contribution in [0.15, 0.2) is 18.3 Å². The standard InChI is InChI=1S/C10H17N3/c1-10(2,3)7-13-8-5-4-6-12-9(8)11/h4-6,13H,7H2,1-3H3,(H2,11,12). The molecule has 0 fully saturated rings. The molecule has 0 saturated heterocycles. The van der Waals surface area contributed by atoms with Gasteiger partial charge in [-0.25, -0.2) is 4.98 Å². The molecule has 0 radical (unpaired) electrons. The van der Waals surface area contributed by atoms with Gasteiger partial charge in [0.2, 0.25) is 0 Å². The second-order valence-electron chi connectivity index (χ2n) is 4.35. The van der Waals surface area contributed by atoms with Gasteiger partial charge >= 0.3 is 0 Å². The van der Waals surface area contributed by atoms with Gasteiger partial charge in [-0.1, -0.05) is 20.8 Å². The number of hydrogen-bond acceptors (Lipinski definition) is 3. The molecule has 3 nitrogen and oxygen atoms in total. The summed E-state index contributed by atoms with van der Waals surface area (Å²) in [5, 5.41) is 3.27. The van der Waals surface area contributed by atoms with E-state index < -0.39 is 0 Å². The van der Waals surface area contributed by atoms with Gasteiger partial charge in [-0.3, -0.25) is 0 Å². The van der Waals surface area contributed by atoms with Crippen molar-refractivity contribution in [2.24, 2.45) is 5.41 Å². The fourth-order valence-corrected chi connectivity index (χ4v) is 0.927. The van der Waals surface area contributed by atoms with Crippen LogP contribution in [0.5, 0.6) is 0 Å². The number of nitrogen functional groups attached to an aromatic ring is 1. The van der Waals surface area contributed by atoms with Gasteiger partial charge in [0.25, 0.3) is 0 Å². The van der Waals surface area contributed by atoms with Crippen LogP contribution >= 0.6 is 0 Å². The highest BCUT2D eigenvalue weighted by atomic mass is 15.0. The van der Waals surface area contributed by atoms with Crippen molar-refractivity contribution < 1.29 is 0 Å². The highest BCUT2D eigenvalue weighted by Gasteiger charge is 2.10. The Morgan fingerprint density at radius 3 is 2.69 bits per heavy atom. The minimum Gasteiger partial charge on any atom is -0.382 e. The second kappa shape index (κ2) is 3.64. The predicted molar refractivity (Wildman–Crippen MR) is 56.6 cm³/mol. The molecule has 1 aromatic heterocycles. The van der Waals surface area contributed by atoms with Crippen LogP contribution in [-0.2, 0) is 0 Å². The van der Waals surface area contributed by atoms with Gasteiger partial charge in [0.1, 0.15) is 5.82 Å². The molecule has 0 amide bonds. The highest BCUT2D eigenvalue weighted by Crippen LogP contribution is 2.18. The lowest BCUT2D eigenvalue weighted by atomic mass is 9.97. The summed E-state index contributed by atoms with van der Waals surface area (Å²) in [6, 6.07) is 3.81. The van der Waals surface area contributed by atoms with E-state index in [9.17, 15) is 0 Å². The lowest BCUT2D eigenvalue weighted by molar-refractivity contribution is 0.443. The van der Waals surface area contributed by atoms with Gasteiger partial charge in [-0.15, -0.1) is 0 Å². The summed E-state index contributed by atoms with van der Waals surface area (Å²) in [6.45, 7) is 7.41. The van der Waals surface area contributed by atoms with E-state index in [1.54, 1.807) is 6.20 Å². The summed E-state index contributed by atoms with van der Waals surface area (Å²) in [6.07, 6.45) is 1.69. The number of nitrogens with zero attached hydrogens (tertiary/aromatic N) is 1. The summed E-state index contributed by atoms with van der Waals surface area (Å²) in [4.78, 5) is 4.00. The zero-order chi connectivity index (χ0) is 9.90. The second-order valence-corrected chi connectivity index (χ2v) is 4.35. The van der Waals surface area contributed by atoms with Crippen LogP contribution in [0.3, 0.4) is 0 Å². The third kappa shape index (κ3) is 3.32. The molecule has 0 bridgehead atoms. The minimum atomic E-state index is 0.252. The van der Waals surface area contributed by atoms with Crippen molar-refractivity contribution in [1.82, 2.24) is 4.98 Å². The number of hydrogen-bond donors (Lipinski definition) is 2. The van der Waals surface area contributed by atoms with E-state index in [4.69, 9.17) is 5.73 Å². The van der Waals surface area contributed by atoms with Crippen molar-refractivity contribution in [3.63, 3.8) is 0 Å². The highest BCUT2D eigenvalue weighted by molar-refractivity contribution is 5.60. The van der Waals surface area contributed by atoms with Crippen molar-refractivity contribution in [2.75, 3.05) is 17.6 Å². The molecular weight excluding hydrogens is 162 g/mol. The van der Waals surface area contributed by atoms with E-state index in [1.807, 2.05) is 12.1 Å². The Kier molecular flexibility index (Phi) is 2.76. The maximum Gasteiger partial charge on any atom is 0.146 e. The molecule has 0 atom stereocenters. The Bertz CT molecular complexity index is 276. The number of anilines is 2. The number of rotatable bonds is 2. The van der Waals surface area contributed by atoms with Crippen molar-refractivity contribution >= 4 is 11.5 Å². The number of pyridine rings is 1. The molecule has 3 heteroatoms. The van der Waals surface area contributed by atoms with Crippen LogP contribution in [0.4, 0.5) is 11.5 Å². The Morgan fingerprint density at radius 1 is 1.46 bits per heavy atom. The van der Waals surface area contributed by atoms with Crippen molar-refractivity contribution in [3.05, 3.63) is 18.3 Å². The zero-order valence-corrected chi connectivity index (χ0v) is 8.46. The van der Waals surface area contributed by atoms with E-state index in [-0.39, 0.29) is 5.41 Å². The summed E-state index contributed by atoms with van der Waals surface area (Å²) in [5.74, 6) is 0.562. The lowest BCUT2D eigenvalue weighted by Gasteiger charge is -2.19. The first-order valence-corrected chi connectivity index (χ1v) is 4.43. The smallest absolute Gasteiger partial charge is 0.146 e. The maximum absolute atomic E-state index is 5.68. The molecule has 0 aliphatic heterocycles. The molecule has 0 aliphatic rings. The zero-order valence-electron chi connectivity index (χ0n) is 8.46. The molecule has 0 aromatic carbocycles. The largest absolute Gasteiger partial charge is 0.382 e. The minimum absolute atomic E-state index is 0.252. The van der Waals surface area contributed by atoms with Gasteiger partial charge in [0.15, 0.2) is 0 Å². The fourth-order valence-electron chi connectivity index (χ4n) is 0.927. The molecule has 72 valence electrons. The van der Waals surface area contributed by atoms with Crippen molar-refractivity contribution in [2.45, 2.75) is 20.8 Å². The topological polar surface area (TPSA) is 50.9 Å². The fraction of sp³-hybridized carbons (Fsp3) is 0.500. The summed E-state index contributed by atoms with van der Waals surface area (Å²) in [5.41, 5.74) is 6.84. The first-order valence-electron chi connectivity index (χ1n) is 4.43. The van der Waals surface area contributed by atoms with Crippen LogP contribution in [0.2, 0.25) is 0 Å². The lowest BCUT2D eigenvalue weighted by Crippen LogP contribution is -2.19. The molecular formula is C10H17N3. The van der Waals surface area contributed by atoms with E-state index in [2.05, 4.69) is 31.1 Å². The van der Waals surface area contributed by atoms with Crippen LogP contribution in [0, 0.1) is 5.41 Å². The van der Waals surface area contributed by atoms with E-state index >= 15 is 0 Å². The summed E-state index contributed by atoms with van der Waals surface area (Å²) in [7, 11) is 0. The Hall–Kier alpha value is -1.25. The third-order valence-corrected chi connectivity index (χ3v) is 1.65. The number of nitrogens with two attached hydrogens (primary N) is 1. The predicted octanol–water partition coefficient (Wildman–Crippen LogP) is 2.12. The number of aromatic nitrogens is 1. The van der Waals surface area contributed by atoms with Gasteiger partial charge in [-0.05, 0) is 17.5 Å². The Morgan fingerprint density at radius 2 is 2.15 bits per heavy atom. The third-order valence-electron chi connectivity index (χ3n) is 1.65. The molecule has 0 unspecified atom stereocenters. The monoisotopic (exact) mass is 179 g/mol.